The van der Waals surface area contributed by atoms with E-state index in [-0.39, 0.29) is 17.4 Å². The van der Waals surface area contributed by atoms with Gasteiger partial charge in [-0.25, -0.2) is 4.68 Å². The first kappa shape index (κ1) is 20.1. The van der Waals surface area contributed by atoms with Crippen molar-refractivity contribution in [3.8, 4) is 5.88 Å². The summed E-state index contributed by atoms with van der Waals surface area (Å²) in [5.74, 6) is 1.52. The highest BCUT2D eigenvalue weighted by molar-refractivity contribution is 5.99. The summed E-state index contributed by atoms with van der Waals surface area (Å²) in [4.78, 5) is 16.9. The molecule has 8 nitrogen and oxygen atoms in total. The Labute approximate surface area is 176 Å². The quantitative estimate of drug-likeness (QED) is 0.661. The molecule has 1 saturated heterocycles. The van der Waals surface area contributed by atoms with Crippen LogP contribution < -0.4 is 9.64 Å². The number of aromatic nitrogens is 4. The smallest absolute Gasteiger partial charge is 0.254 e. The van der Waals surface area contributed by atoms with E-state index in [1.807, 2.05) is 44.4 Å². The van der Waals surface area contributed by atoms with Crippen molar-refractivity contribution in [2.45, 2.75) is 32.2 Å². The molecule has 3 heterocycles. The maximum absolute atomic E-state index is 13.0. The highest BCUT2D eigenvalue weighted by Gasteiger charge is 2.34. The topological polar surface area (TPSA) is 76.4 Å². The maximum Gasteiger partial charge on any atom is 0.254 e. The number of rotatable bonds is 4. The zero-order chi connectivity index (χ0) is 21.6. The third kappa shape index (κ3) is 3.46. The first-order chi connectivity index (χ1) is 14.2. The Kier molecular flexibility index (Phi) is 4.88. The van der Waals surface area contributed by atoms with Crippen molar-refractivity contribution in [3.63, 3.8) is 0 Å². The number of methoxy groups -OCH3 is 1. The lowest BCUT2D eigenvalue weighted by atomic mass is 9.92. The molecular weight excluding hydrogens is 380 g/mol. The fourth-order valence-electron chi connectivity index (χ4n) is 3.70. The van der Waals surface area contributed by atoms with Gasteiger partial charge in [-0.05, 0) is 30.3 Å². The van der Waals surface area contributed by atoms with Crippen molar-refractivity contribution in [1.29, 1.82) is 0 Å². The Morgan fingerprint density at radius 3 is 2.50 bits per heavy atom. The summed E-state index contributed by atoms with van der Waals surface area (Å²) in [5, 5.41) is 14.1. The third-order valence-corrected chi connectivity index (χ3v) is 5.69. The summed E-state index contributed by atoms with van der Waals surface area (Å²) in [7, 11) is 5.29. The van der Waals surface area contributed by atoms with E-state index in [1.165, 1.54) is 0 Å². The molecule has 1 aliphatic rings. The number of likely N-dealkylation sites (N-methyl/N-ethyl adjacent to an activating group) is 1. The van der Waals surface area contributed by atoms with Crippen LogP contribution in [0.15, 0.2) is 30.3 Å². The van der Waals surface area contributed by atoms with Gasteiger partial charge >= 0.3 is 0 Å². The number of ether oxygens (including phenoxy) is 1. The average molecular weight is 409 g/mol. The van der Waals surface area contributed by atoms with Crippen LogP contribution in [0.1, 0.15) is 36.8 Å². The lowest BCUT2D eigenvalue weighted by Gasteiger charge is -2.44. The van der Waals surface area contributed by atoms with Crippen LogP contribution in [0.3, 0.4) is 0 Å². The first-order valence-corrected chi connectivity index (χ1v) is 10.1. The minimum Gasteiger partial charge on any atom is -0.481 e. The van der Waals surface area contributed by atoms with Gasteiger partial charge in [0, 0.05) is 38.2 Å². The first-order valence-electron chi connectivity index (χ1n) is 10.1. The van der Waals surface area contributed by atoms with Crippen LogP contribution in [-0.2, 0) is 12.5 Å². The summed E-state index contributed by atoms with van der Waals surface area (Å²) >= 11 is 0. The van der Waals surface area contributed by atoms with Gasteiger partial charge in [-0.15, -0.1) is 5.10 Å². The van der Waals surface area contributed by atoms with E-state index in [2.05, 4.69) is 41.0 Å². The van der Waals surface area contributed by atoms with Gasteiger partial charge in [0.05, 0.1) is 29.7 Å². The molecular formula is C22H28N6O2. The van der Waals surface area contributed by atoms with Crippen LogP contribution in [0.25, 0.3) is 10.9 Å². The monoisotopic (exact) mass is 408 g/mol. The highest BCUT2D eigenvalue weighted by atomic mass is 16.5. The second-order valence-electron chi connectivity index (χ2n) is 8.87. The fourth-order valence-corrected chi connectivity index (χ4v) is 3.70. The molecule has 158 valence electrons. The molecule has 1 fully saturated rings. The third-order valence-electron chi connectivity index (χ3n) is 5.69. The Hall–Kier alpha value is -3.16. The van der Waals surface area contributed by atoms with Crippen LogP contribution in [0.5, 0.6) is 5.88 Å². The van der Waals surface area contributed by atoms with Crippen LogP contribution in [0, 0.1) is 0 Å². The van der Waals surface area contributed by atoms with Gasteiger partial charge < -0.3 is 14.5 Å². The van der Waals surface area contributed by atoms with E-state index >= 15 is 0 Å². The number of nitrogens with zero attached hydrogens (tertiary/aromatic N) is 6. The molecule has 0 bridgehead atoms. The molecule has 8 heteroatoms. The number of carbonyl (C=O) groups is 1. The van der Waals surface area contributed by atoms with Crippen LogP contribution >= 0.6 is 0 Å². The van der Waals surface area contributed by atoms with E-state index in [1.54, 1.807) is 16.7 Å². The van der Waals surface area contributed by atoms with E-state index in [4.69, 9.17) is 4.74 Å². The molecule has 0 aliphatic carbocycles. The largest absolute Gasteiger partial charge is 0.481 e. The minimum absolute atomic E-state index is 0.0136. The molecule has 4 rings (SSSR count). The van der Waals surface area contributed by atoms with Gasteiger partial charge in [0.2, 0.25) is 5.88 Å². The second kappa shape index (κ2) is 7.27. The SMILES string of the molecule is COc1c2ccc(C(=O)N(C)C3CN(c4ccc(C(C)(C)C)nn4)C3)cc2nn1C. The number of benzene rings is 1. The molecule has 3 aromatic rings. The van der Waals surface area contributed by atoms with Gasteiger partial charge in [0.25, 0.3) is 5.91 Å². The van der Waals surface area contributed by atoms with Crippen molar-refractivity contribution in [2.75, 3.05) is 32.1 Å². The van der Waals surface area contributed by atoms with Gasteiger partial charge in [0.1, 0.15) is 0 Å². The number of hydrogen-bond donors (Lipinski definition) is 0. The summed E-state index contributed by atoms with van der Waals surface area (Å²) in [5.41, 5.74) is 2.32. The summed E-state index contributed by atoms with van der Waals surface area (Å²) in [6.07, 6.45) is 0. The summed E-state index contributed by atoms with van der Waals surface area (Å²) in [6, 6.07) is 9.72. The number of carbonyl (C=O) groups excluding carboxylic acids is 1. The second-order valence-corrected chi connectivity index (χ2v) is 8.87. The number of amides is 1. The van der Waals surface area contributed by atoms with Crippen molar-refractivity contribution < 1.29 is 9.53 Å². The normalized spacial score (nSPS) is 14.7. The van der Waals surface area contributed by atoms with Gasteiger partial charge in [-0.3, -0.25) is 4.79 Å². The number of fused-ring (bicyclic) bond motifs is 1. The molecule has 0 N–H and O–H groups in total. The molecule has 1 aromatic carbocycles. The standard InChI is InChI=1S/C22H28N6O2/c1-22(2,3)18-9-10-19(24-23-18)28-12-15(13-28)26(4)20(29)14-7-8-16-17(11-14)25-27(5)21(16)30-6/h7-11,15H,12-13H2,1-6H3. The molecule has 0 radical (unpaired) electrons. The Balaban J connectivity index is 1.43. The molecule has 30 heavy (non-hydrogen) atoms. The van der Waals surface area contributed by atoms with Crippen LogP contribution in [0.4, 0.5) is 5.82 Å². The maximum atomic E-state index is 13.0. The molecule has 1 amide bonds. The Bertz CT molecular complexity index is 1080. The van der Waals surface area contributed by atoms with E-state index < -0.39 is 0 Å². The summed E-state index contributed by atoms with van der Waals surface area (Å²) < 4.78 is 7.06. The van der Waals surface area contributed by atoms with E-state index in [0.717, 1.165) is 35.5 Å². The van der Waals surface area contributed by atoms with E-state index in [0.29, 0.717) is 11.4 Å². The van der Waals surface area contributed by atoms with Crippen molar-refractivity contribution in [2.24, 2.45) is 7.05 Å². The van der Waals surface area contributed by atoms with Crippen LogP contribution in [0.2, 0.25) is 0 Å². The Morgan fingerprint density at radius 2 is 1.90 bits per heavy atom. The van der Waals surface area contributed by atoms with Gasteiger partial charge in [-0.1, -0.05) is 20.8 Å². The van der Waals surface area contributed by atoms with Crippen molar-refractivity contribution in [3.05, 3.63) is 41.6 Å². The zero-order valence-corrected chi connectivity index (χ0v) is 18.4. The Morgan fingerprint density at radius 1 is 1.17 bits per heavy atom. The average Bonchev–Trinajstić information content (AvgIpc) is 2.99. The lowest BCUT2D eigenvalue weighted by Crippen LogP contribution is -2.60. The fraction of sp³-hybridized carbons (Fsp3) is 0.455. The molecule has 2 aromatic heterocycles. The summed E-state index contributed by atoms with van der Waals surface area (Å²) in [6.45, 7) is 7.84. The van der Waals surface area contributed by atoms with E-state index in [9.17, 15) is 4.79 Å². The minimum atomic E-state index is -0.0195. The predicted octanol–water partition coefficient (Wildman–Crippen LogP) is 2.63. The van der Waals surface area contributed by atoms with Crippen molar-refractivity contribution in [1.82, 2.24) is 24.9 Å². The van der Waals surface area contributed by atoms with Gasteiger partial charge in [0.15, 0.2) is 5.82 Å². The molecule has 0 spiro atoms. The zero-order valence-electron chi connectivity index (χ0n) is 18.4. The van der Waals surface area contributed by atoms with Crippen LogP contribution in [-0.4, -0.2) is 64.1 Å². The predicted molar refractivity (Wildman–Crippen MR) is 116 cm³/mol. The van der Waals surface area contributed by atoms with Crippen molar-refractivity contribution >= 4 is 22.6 Å². The molecule has 0 saturated carbocycles. The lowest BCUT2D eigenvalue weighted by molar-refractivity contribution is 0.0705. The molecule has 1 aliphatic heterocycles. The molecule has 0 unspecified atom stereocenters. The number of hydrogen-bond acceptors (Lipinski definition) is 6. The number of anilines is 1. The highest BCUT2D eigenvalue weighted by Crippen LogP contribution is 2.27. The molecule has 0 atom stereocenters. The van der Waals surface area contributed by atoms with Gasteiger partial charge in [-0.2, -0.15) is 10.2 Å². The number of aryl methyl sites for hydroxylation is 1.